The zero-order valence-corrected chi connectivity index (χ0v) is 15.3. The second-order valence-corrected chi connectivity index (χ2v) is 9.71. The van der Waals surface area contributed by atoms with Gasteiger partial charge < -0.3 is 4.74 Å². The van der Waals surface area contributed by atoms with E-state index >= 15 is 0 Å². The molecule has 0 bridgehead atoms. The molecule has 23 heavy (non-hydrogen) atoms. The van der Waals surface area contributed by atoms with Crippen LogP contribution < -0.4 is 4.74 Å². The third kappa shape index (κ3) is 3.08. The molecule has 0 aromatic carbocycles. The van der Waals surface area contributed by atoms with Gasteiger partial charge >= 0.3 is 0 Å². The van der Waals surface area contributed by atoms with Crippen LogP contribution in [-0.4, -0.2) is 43.2 Å². The topological polar surface area (TPSA) is 59.5 Å². The number of hydrogen-bond donors (Lipinski definition) is 0. The highest BCUT2D eigenvalue weighted by Gasteiger charge is 2.45. The van der Waals surface area contributed by atoms with E-state index in [4.69, 9.17) is 16.3 Å². The first-order chi connectivity index (χ1) is 10.8. The second-order valence-electron chi connectivity index (χ2n) is 6.83. The van der Waals surface area contributed by atoms with Crippen molar-refractivity contribution in [2.45, 2.75) is 37.9 Å². The molecule has 0 spiro atoms. The summed E-state index contributed by atoms with van der Waals surface area (Å²) < 4.78 is 31.7. The number of ether oxygens (including phenoxy) is 1. The van der Waals surface area contributed by atoms with Crippen LogP contribution in [0.15, 0.2) is 12.1 Å². The Labute approximate surface area is 143 Å². The minimum Gasteiger partial charge on any atom is -0.481 e. The fourth-order valence-corrected chi connectivity index (χ4v) is 5.45. The van der Waals surface area contributed by atoms with Crippen LogP contribution in [0.3, 0.4) is 0 Å². The van der Waals surface area contributed by atoms with Gasteiger partial charge in [-0.05, 0) is 50.5 Å². The van der Waals surface area contributed by atoms with Gasteiger partial charge in [-0.25, -0.2) is 17.7 Å². The Morgan fingerprint density at radius 1 is 1.26 bits per heavy atom. The van der Waals surface area contributed by atoms with Crippen molar-refractivity contribution in [1.29, 1.82) is 0 Å². The summed E-state index contributed by atoms with van der Waals surface area (Å²) in [5.74, 6) is 1.81. The summed E-state index contributed by atoms with van der Waals surface area (Å²) in [5.41, 5.74) is 1.09. The fraction of sp³-hybridized carbons (Fsp3) is 0.688. The van der Waals surface area contributed by atoms with Crippen molar-refractivity contribution in [1.82, 2.24) is 9.29 Å². The van der Waals surface area contributed by atoms with E-state index in [9.17, 15) is 8.42 Å². The molecule has 0 radical (unpaired) electrons. The van der Waals surface area contributed by atoms with Gasteiger partial charge in [-0.2, -0.15) is 0 Å². The van der Waals surface area contributed by atoms with Crippen molar-refractivity contribution in [2.75, 3.05) is 20.2 Å². The third-order valence-electron chi connectivity index (χ3n) is 5.16. The molecule has 7 heteroatoms. The molecule has 0 N–H and O–H groups in total. The molecule has 1 saturated heterocycles. The van der Waals surface area contributed by atoms with E-state index < -0.39 is 10.0 Å². The van der Waals surface area contributed by atoms with Gasteiger partial charge in [-0.1, -0.05) is 17.7 Å². The lowest BCUT2D eigenvalue weighted by Crippen LogP contribution is -2.35. The van der Waals surface area contributed by atoms with Gasteiger partial charge in [0.25, 0.3) is 0 Å². The highest BCUT2D eigenvalue weighted by molar-refractivity contribution is 7.89. The number of pyridine rings is 1. The Kier molecular flexibility index (Phi) is 4.60. The van der Waals surface area contributed by atoms with Crippen LogP contribution in [0.25, 0.3) is 0 Å². The van der Waals surface area contributed by atoms with Crippen LogP contribution in [0.4, 0.5) is 0 Å². The predicted molar refractivity (Wildman–Crippen MR) is 90.4 cm³/mol. The molecule has 1 aromatic heterocycles. The van der Waals surface area contributed by atoms with Crippen molar-refractivity contribution in [3.05, 3.63) is 22.8 Å². The summed E-state index contributed by atoms with van der Waals surface area (Å²) in [6.07, 6.45) is 1.96. The van der Waals surface area contributed by atoms with E-state index in [1.807, 2.05) is 6.07 Å². The van der Waals surface area contributed by atoms with Crippen molar-refractivity contribution in [3.63, 3.8) is 0 Å². The van der Waals surface area contributed by atoms with Gasteiger partial charge in [0.2, 0.25) is 15.9 Å². The second kappa shape index (κ2) is 6.22. The van der Waals surface area contributed by atoms with Gasteiger partial charge in [0.1, 0.15) is 5.15 Å². The first-order valence-corrected chi connectivity index (χ1v) is 9.90. The van der Waals surface area contributed by atoms with Crippen molar-refractivity contribution in [2.24, 2.45) is 11.8 Å². The largest absolute Gasteiger partial charge is 0.481 e. The van der Waals surface area contributed by atoms with Crippen LogP contribution in [0.1, 0.15) is 38.2 Å². The Balaban J connectivity index is 1.74. The summed E-state index contributed by atoms with van der Waals surface area (Å²) in [6.45, 7) is 4.78. The maximum Gasteiger partial charge on any atom is 0.217 e. The first kappa shape index (κ1) is 17.0. The molecule has 2 fully saturated rings. The van der Waals surface area contributed by atoms with Crippen molar-refractivity contribution >= 4 is 21.6 Å². The molecule has 2 heterocycles. The van der Waals surface area contributed by atoms with E-state index in [2.05, 4.69) is 4.98 Å². The summed E-state index contributed by atoms with van der Waals surface area (Å²) in [4.78, 5) is 4.24. The minimum absolute atomic E-state index is 0.349. The maximum atomic E-state index is 12.3. The molecule has 1 aromatic rings. The van der Waals surface area contributed by atoms with Crippen LogP contribution in [0.2, 0.25) is 5.15 Å². The minimum atomic E-state index is -3.14. The van der Waals surface area contributed by atoms with E-state index in [1.165, 1.54) is 0 Å². The molecule has 3 rings (SSSR count). The summed E-state index contributed by atoms with van der Waals surface area (Å²) in [5, 5.41) is 0.0793. The molecule has 0 amide bonds. The summed E-state index contributed by atoms with van der Waals surface area (Å²) >= 11 is 5.93. The number of nitrogens with zero attached hydrogens (tertiary/aromatic N) is 2. The Bertz CT molecular complexity index is 679. The van der Waals surface area contributed by atoms with Gasteiger partial charge in [-0.15, -0.1) is 0 Å². The molecule has 2 unspecified atom stereocenters. The number of sulfonamides is 1. The average molecular weight is 359 g/mol. The number of rotatable bonds is 4. The molecule has 1 saturated carbocycles. The molecule has 128 valence electrons. The Hall–Kier alpha value is -0.850. The van der Waals surface area contributed by atoms with E-state index in [0.29, 0.717) is 41.9 Å². The van der Waals surface area contributed by atoms with Crippen LogP contribution in [0, 0.1) is 11.8 Å². The highest BCUT2D eigenvalue weighted by atomic mass is 35.5. The first-order valence-electron chi connectivity index (χ1n) is 8.02. The highest BCUT2D eigenvalue weighted by Crippen LogP contribution is 2.48. The molecule has 5 nitrogen and oxygen atoms in total. The Morgan fingerprint density at radius 2 is 1.87 bits per heavy atom. The number of fused-ring (bicyclic) bond motifs is 1. The van der Waals surface area contributed by atoms with E-state index in [1.54, 1.807) is 31.3 Å². The van der Waals surface area contributed by atoms with Gasteiger partial charge in [0.15, 0.2) is 0 Å². The van der Waals surface area contributed by atoms with Crippen LogP contribution >= 0.6 is 11.6 Å². The number of aromatic nitrogens is 1. The van der Waals surface area contributed by atoms with Crippen LogP contribution in [0.5, 0.6) is 5.88 Å². The monoisotopic (exact) mass is 358 g/mol. The predicted octanol–water partition coefficient (Wildman–Crippen LogP) is 2.91. The number of hydrogen-bond acceptors (Lipinski definition) is 4. The van der Waals surface area contributed by atoms with Gasteiger partial charge in [-0.3, -0.25) is 0 Å². The van der Waals surface area contributed by atoms with Gasteiger partial charge in [0.05, 0.1) is 12.4 Å². The molecule has 1 aliphatic heterocycles. The van der Waals surface area contributed by atoms with E-state index in [-0.39, 0.29) is 5.25 Å². The fourth-order valence-electron chi connectivity index (χ4n) is 3.92. The van der Waals surface area contributed by atoms with Crippen molar-refractivity contribution in [3.8, 4) is 5.88 Å². The normalized spacial score (nSPS) is 28.3. The van der Waals surface area contributed by atoms with Crippen LogP contribution in [-0.2, 0) is 10.0 Å². The lowest BCUT2D eigenvalue weighted by atomic mass is 9.97. The van der Waals surface area contributed by atoms with Gasteiger partial charge in [0, 0.05) is 18.7 Å². The van der Waals surface area contributed by atoms with Crippen molar-refractivity contribution < 1.29 is 13.2 Å². The third-order valence-corrected chi connectivity index (χ3v) is 7.58. The Morgan fingerprint density at radius 3 is 2.39 bits per heavy atom. The lowest BCUT2D eigenvalue weighted by Gasteiger charge is -2.21. The SMILES string of the molecule is COc1nc(Cl)ccc1C1CC2CN(S(=O)(=O)C(C)C)CC2C1. The molecule has 1 aliphatic carbocycles. The quantitative estimate of drug-likeness (QED) is 0.776. The number of methoxy groups -OCH3 is 1. The molecule has 2 atom stereocenters. The van der Waals surface area contributed by atoms with E-state index in [0.717, 1.165) is 18.4 Å². The maximum absolute atomic E-state index is 12.3. The molecular weight excluding hydrogens is 336 g/mol. The number of halogens is 1. The standard InChI is InChI=1S/C16H23ClN2O3S/c1-10(2)23(20,21)19-8-12-6-11(7-13(12)9-19)14-4-5-15(17)18-16(14)22-3/h4-5,10-13H,6-9H2,1-3H3. The lowest BCUT2D eigenvalue weighted by molar-refractivity contribution is 0.383. The smallest absolute Gasteiger partial charge is 0.217 e. The average Bonchev–Trinajstić information content (AvgIpc) is 3.05. The summed E-state index contributed by atoms with van der Waals surface area (Å²) in [7, 11) is -1.53. The molecular formula is C16H23ClN2O3S. The molecule has 2 aliphatic rings. The zero-order valence-electron chi connectivity index (χ0n) is 13.7. The summed E-state index contributed by atoms with van der Waals surface area (Å²) in [6, 6.07) is 3.78. The zero-order chi connectivity index (χ0) is 16.8.